The summed E-state index contributed by atoms with van der Waals surface area (Å²) < 4.78 is 5.30. The lowest BCUT2D eigenvalue weighted by atomic mass is 9.93. The second-order valence-corrected chi connectivity index (χ2v) is 9.54. The molecule has 2 amide bonds. The molecule has 1 aromatic heterocycles. The van der Waals surface area contributed by atoms with Crippen molar-refractivity contribution in [3.63, 3.8) is 0 Å². The number of aromatic amines is 1. The van der Waals surface area contributed by atoms with Crippen molar-refractivity contribution in [2.75, 3.05) is 0 Å². The predicted molar refractivity (Wildman–Crippen MR) is 139 cm³/mol. The third-order valence-corrected chi connectivity index (χ3v) is 6.31. The SMILES string of the molecule is Cc1c(O)[nH]c(O)c1C(=O)[C@@H](NC(=O)CC(NC(=O)Oc1c(Cl)cccc1Cl)c1ccccc1)C(C)C. The molecular formula is C26H27Cl2N3O6. The van der Waals surface area contributed by atoms with Gasteiger partial charge in [-0.05, 0) is 30.5 Å². The van der Waals surface area contributed by atoms with E-state index in [0.717, 1.165) is 0 Å². The molecule has 0 aliphatic rings. The van der Waals surface area contributed by atoms with Crippen LogP contribution in [0.4, 0.5) is 4.79 Å². The predicted octanol–water partition coefficient (Wildman–Crippen LogP) is 5.28. The first-order valence-corrected chi connectivity index (χ1v) is 12.2. The van der Waals surface area contributed by atoms with E-state index in [1.807, 2.05) is 0 Å². The van der Waals surface area contributed by atoms with Crippen LogP contribution in [0.1, 0.15) is 47.8 Å². The van der Waals surface area contributed by atoms with Crippen molar-refractivity contribution in [3.05, 3.63) is 75.3 Å². The van der Waals surface area contributed by atoms with Crippen LogP contribution in [0.15, 0.2) is 48.5 Å². The number of aromatic nitrogens is 1. The fourth-order valence-electron chi connectivity index (χ4n) is 3.76. The lowest BCUT2D eigenvalue weighted by molar-refractivity contribution is -0.122. The third-order valence-electron chi connectivity index (χ3n) is 5.71. The fourth-order valence-corrected chi connectivity index (χ4v) is 4.23. The van der Waals surface area contributed by atoms with E-state index in [-0.39, 0.29) is 45.1 Å². The summed E-state index contributed by atoms with van der Waals surface area (Å²) in [5, 5.41) is 25.5. The molecular weight excluding hydrogens is 521 g/mol. The second-order valence-electron chi connectivity index (χ2n) is 8.73. The first-order valence-electron chi connectivity index (χ1n) is 11.4. The van der Waals surface area contributed by atoms with Crippen molar-refractivity contribution in [1.82, 2.24) is 15.6 Å². The normalized spacial score (nSPS) is 12.6. The average molecular weight is 548 g/mol. The Morgan fingerprint density at radius 2 is 1.57 bits per heavy atom. The van der Waals surface area contributed by atoms with Gasteiger partial charge in [-0.2, -0.15) is 0 Å². The van der Waals surface area contributed by atoms with Crippen molar-refractivity contribution >= 4 is 41.0 Å². The van der Waals surface area contributed by atoms with E-state index in [4.69, 9.17) is 27.9 Å². The van der Waals surface area contributed by atoms with Gasteiger partial charge in [-0.15, -0.1) is 0 Å². The third kappa shape index (κ3) is 6.75. The van der Waals surface area contributed by atoms with Crippen LogP contribution in [0.5, 0.6) is 17.5 Å². The number of halogens is 2. The minimum Gasteiger partial charge on any atom is -0.494 e. The standard InChI is InChI=1S/C26H27Cl2N3O6/c1-13(2)21(22(33)20-14(3)24(34)31-25(20)35)30-19(32)12-18(15-8-5-4-6-9-15)29-26(36)37-23-16(27)10-7-11-17(23)28/h4-11,13,18,21,31,34-35H,12H2,1-3H3,(H,29,36)(H,30,32)/t18?,21-/m0/s1. The van der Waals surface area contributed by atoms with Gasteiger partial charge in [0.25, 0.3) is 0 Å². The highest BCUT2D eigenvalue weighted by molar-refractivity contribution is 6.37. The van der Waals surface area contributed by atoms with Crippen LogP contribution in [-0.4, -0.2) is 39.0 Å². The average Bonchev–Trinajstić information content (AvgIpc) is 3.10. The monoisotopic (exact) mass is 547 g/mol. The van der Waals surface area contributed by atoms with Gasteiger partial charge in [0.2, 0.25) is 11.8 Å². The van der Waals surface area contributed by atoms with Crippen LogP contribution in [-0.2, 0) is 4.79 Å². The number of hydrogen-bond acceptors (Lipinski definition) is 6. The van der Waals surface area contributed by atoms with E-state index in [1.54, 1.807) is 50.2 Å². The van der Waals surface area contributed by atoms with Gasteiger partial charge in [-0.1, -0.05) is 73.4 Å². The molecule has 3 aromatic rings. The summed E-state index contributed by atoms with van der Waals surface area (Å²) in [7, 11) is 0. The number of rotatable bonds is 9. The number of para-hydroxylation sites is 1. The maximum atomic E-state index is 13.2. The molecule has 37 heavy (non-hydrogen) atoms. The number of nitrogens with one attached hydrogen (secondary N) is 3. The van der Waals surface area contributed by atoms with Crippen LogP contribution in [0.3, 0.4) is 0 Å². The second kappa shape index (κ2) is 12.0. The Morgan fingerprint density at radius 3 is 2.11 bits per heavy atom. The van der Waals surface area contributed by atoms with E-state index in [1.165, 1.54) is 19.1 Å². The van der Waals surface area contributed by atoms with Crippen molar-refractivity contribution < 1.29 is 29.3 Å². The van der Waals surface area contributed by atoms with Crippen LogP contribution >= 0.6 is 23.2 Å². The number of Topliss-reactive ketones (excluding diaryl/α,β-unsaturated/α-hetero) is 1. The number of amides is 2. The molecule has 9 nitrogen and oxygen atoms in total. The minimum atomic E-state index is -1.00. The molecule has 0 radical (unpaired) electrons. The number of carbonyl (C=O) groups is 3. The molecule has 1 heterocycles. The van der Waals surface area contributed by atoms with Gasteiger partial charge >= 0.3 is 6.09 Å². The quantitative estimate of drug-likeness (QED) is 0.230. The van der Waals surface area contributed by atoms with Crippen LogP contribution in [0.25, 0.3) is 0 Å². The molecule has 2 aromatic carbocycles. The van der Waals surface area contributed by atoms with Gasteiger partial charge < -0.3 is 25.6 Å². The first-order chi connectivity index (χ1) is 17.5. The first kappa shape index (κ1) is 27.9. The number of ether oxygens (including phenoxy) is 1. The topological polar surface area (TPSA) is 141 Å². The number of hydrogen-bond donors (Lipinski definition) is 5. The Hall–Kier alpha value is -3.69. The van der Waals surface area contributed by atoms with Crippen molar-refractivity contribution in [2.24, 2.45) is 5.92 Å². The zero-order valence-corrected chi connectivity index (χ0v) is 21.9. The zero-order valence-electron chi connectivity index (χ0n) is 20.3. The minimum absolute atomic E-state index is 0.0185. The van der Waals surface area contributed by atoms with Crippen molar-refractivity contribution in [3.8, 4) is 17.5 Å². The number of benzene rings is 2. The summed E-state index contributed by atoms with van der Waals surface area (Å²) in [6, 6.07) is 11.6. The lowest BCUT2D eigenvalue weighted by Crippen LogP contribution is -2.46. The summed E-state index contributed by atoms with van der Waals surface area (Å²) in [6.07, 6.45) is -1.11. The molecule has 0 fully saturated rings. The molecule has 3 rings (SSSR count). The highest BCUT2D eigenvalue weighted by atomic mass is 35.5. The van der Waals surface area contributed by atoms with Gasteiger partial charge in [0, 0.05) is 5.56 Å². The summed E-state index contributed by atoms with van der Waals surface area (Å²) in [5.41, 5.74) is 0.693. The smallest absolute Gasteiger partial charge is 0.413 e. The van der Waals surface area contributed by atoms with E-state index in [2.05, 4.69) is 15.6 Å². The fraction of sp³-hybridized carbons (Fsp3) is 0.269. The van der Waals surface area contributed by atoms with Crippen molar-refractivity contribution in [2.45, 2.75) is 39.3 Å². The summed E-state index contributed by atoms with van der Waals surface area (Å²) in [6.45, 7) is 4.95. The number of H-pyrrole nitrogens is 1. The van der Waals surface area contributed by atoms with Gasteiger partial charge in [0.05, 0.1) is 34.1 Å². The number of carbonyl (C=O) groups excluding carboxylic acids is 3. The largest absolute Gasteiger partial charge is 0.494 e. The highest BCUT2D eigenvalue weighted by Crippen LogP contribution is 2.33. The molecule has 0 saturated heterocycles. The molecule has 5 N–H and O–H groups in total. The van der Waals surface area contributed by atoms with Crippen LogP contribution < -0.4 is 15.4 Å². The Balaban J connectivity index is 1.78. The van der Waals surface area contributed by atoms with E-state index < -0.39 is 35.7 Å². The summed E-state index contributed by atoms with van der Waals surface area (Å²) >= 11 is 12.2. The van der Waals surface area contributed by atoms with E-state index >= 15 is 0 Å². The molecule has 0 aliphatic heterocycles. The summed E-state index contributed by atoms with van der Waals surface area (Å²) in [5.74, 6) is -2.27. The molecule has 0 bridgehead atoms. The molecule has 11 heteroatoms. The Kier molecular flexibility index (Phi) is 9.07. The van der Waals surface area contributed by atoms with Gasteiger partial charge in [-0.25, -0.2) is 4.79 Å². The maximum absolute atomic E-state index is 13.2. The lowest BCUT2D eigenvalue weighted by Gasteiger charge is -2.24. The van der Waals surface area contributed by atoms with Gasteiger partial charge in [0.1, 0.15) is 0 Å². The Bertz CT molecular complexity index is 1270. The maximum Gasteiger partial charge on any atom is 0.413 e. The number of aromatic hydroxyl groups is 2. The van der Waals surface area contributed by atoms with E-state index in [9.17, 15) is 24.6 Å². The van der Waals surface area contributed by atoms with Gasteiger partial charge in [-0.3, -0.25) is 14.6 Å². The summed E-state index contributed by atoms with van der Waals surface area (Å²) in [4.78, 5) is 41.2. The van der Waals surface area contributed by atoms with E-state index in [0.29, 0.717) is 5.56 Å². The Labute approximate surface area is 223 Å². The van der Waals surface area contributed by atoms with Gasteiger partial charge in [0.15, 0.2) is 17.4 Å². The Morgan fingerprint density at radius 1 is 0.946 bits per heavy atom. The molecule has 0 spiro atoms. The molecule has 196 valence electrons. The van der Waals surface area contributed by atoms with Crippen molar-refractivity contribution in [1.29, 1.82) is 0 Å². The molecule has 0 saturated carbocycles. The van der Waals surface area contributed by atoms with Crippen LogP contribution in [0.2, 0.25) is 10.0 Å². The number of ketones is 1. The molecule has 1 unspecified atom stereocenters. The molecule has 0 aliphatic carbocycles. The van der Waals surface area contributed by atoms with Crippen LogP contribution in [0, 0.1) is 12.8 Å². The highest BCUT2D eigenvalue weighted by Gasteiger charge is 2.31. The molecule has 2 atom stereocenters. The zero-order chi connectivity index (χ0) is 27.3.